The van der Waals surface area contributed by atoms with Crippen LogP contribution in [0.3, 0.4) is 0 Å². The van der Waals surface area contributed by atoms with Crippen LogP contribution in [0.5, 0.6) is 0 Å². The van der Waals surface area contributed by atoms with Crippen LogP contribution in [0, 0.1) is 0 Å². The average Bonchev–Trinajstić information content (AvgIpc) is 2.61. The van der Waals surface area contributed by atoms with Crippen molar-refractivity contribution in [3.05, 3.63) is 69.1 Å². The van der Waals surface area contributed by atoms with Gasteiger partial charge in [0.15, 0.2) is 0 Å². The Labute approximate surface area is 147 Å². The van der Waals surface area contributed by atoms with Gasteiger partial charge in [0.25, 0.3) is 11.5 Å². The van der Waals surface area contributed by atoms with Gasteiger partial charge in [-0.05, 0) is 23.6 Å². The third kappa shape index (κ3) is 4.13. The van der Waals surface area contributed by atoms with E-state index in [1.807, 2.05) is 17.1 Å². The van der Waals surface area contributed by atoms with Crippen molar-refractivity contribution in [1.29, 1.82) is 0 Å². The molecule has 138 valence electrons. The number of fused-ring (bicyclic) bond motifs is 1. The maximum Gasteiger partial charge on any atom is 0.417 e. The molecule has 26 heavy (non-hydrogen) atoms. The number of aromatic amines is 1. The molecule has 1 amide bonds. The molecule has 0 saturated heterocycles. The van der Waals surface area contributed by atoms with E-state index in [1.165, 1.54) is 11.1 Å². The topological polar surface area (TPSA) is 65.2 Å². The van der Waals surface area contributed by atoms with E-state index in [9.17, 15) is 22.8 Å². The van der Waals surface area contributed by atoms with Crippen molar-refractivity contribution < 1.29 is 18.0 Å². The molecule has 3 rings (SSSR count). The molecule has 0 atom stereocenters. The monoisotopic (exact) mass is 365 g/mol. The molecule has 1 aromatic carbocycles. The first-order valence-corrected chi connectivity index (χ1v) is 8.22. The lowest BCUT2D eigenvalue weighted by Crippen LogP contribution is -2.39. The largest absolute Gasteiger partial charge is 0.417 e. The van der Waals surface area contributed by atoms with Gasteiger partial charge in [0.2, 0.25) is 0 Å². The smallest absolute Gasteiger partial charge is 0.351 e. The van der Waals surface area contributed by atoms with Gasteiger partial charge in [0, 0.05) is 32.4 Å². The van der Waals surface area contributed by atoms with Crippen molar-refractivity contribution in [3.63, 3.8) is 0 Å². The number of hydrogen-bond donors (Lipinski definition) is 2. The molecule has 2 aromatic rings. The van der Waals surface area contributed by atoms with E-state index in [0.29, 0.717) is 18.8 Å². The fourth-order valence-corrected chi connectivity index (χ4v) is 2.98. The minimum absolute atomic E-state index is 0.247. The number of nitrogens with zero attached hydrogens (tertiary/aromatic N) is 1. The summed E-state index contributed by atoms with van der Waals surface area (Å²) < 4.78 is 38.2. The van der Waals surface area contributed by atoms with Crippen LogP contribution in [0.2, 0.25) is 0 Å². The molecule has 1 aromatic heterocycles. The highest BCUT2D eigenvalue weighted by atomic mass is 19.4. The fourth-order valence-electron chi connectivity index (χ4n) is 2.98. The zero-order valence-corrected chi connectivity index (χ0v) is 13.9. The van der Waals surface area contributed by atoms with E-state index in [4.69, 9.17) is 0 Å². The van der Waals surface area contributed by atoms with Gasteiger partial charge in [-0.3, -0.25) is 14.5 Å². The highest BCUT2D eigenvalue weighted by Crippen LogP contribution is 2.28. The minimum Gasteiger partial charge on any atom is -0.351 e. The predicted molar refractivity (Wildman–Crippen MR) is 89.8 cm³/mol. The fraction of sp³-hybridized carbons (Fsp3) is 0.333. The third-order valence-electron chi connectivity index (χ3n) is 4.40. The number of alkyl halides is 3. The van der Waals surface area contributed by atoms with Crippen LogP contribution in [0.4, 0.5) is 13.2 Å². The molecule has 0 bridgehead atoms. The second-order valence-electron chi connectivity index (χ2n) is 6.18. The lowest BCUT2D eigenvalue weighted by Gasteiger charge is -2.28. The van der Waals surface area contributed by atoms with E-state index in [0.717, 1.165) is 19.5 Å². The Hall–Kier alpha value is -2.61. The van der Waals surface area contributed by atoms with Crippen molar-refractivity contribution >= 4 is 5.91 Å². The molecule has 0 unspecified atom stereocenters. The van der Waals surface area contributed by atoms with E-state index >= 15 is 0 Å². The highest BCUT2D eigenvalue weighted by molar-refractivity contribution is 5.93. The van der Waals surface area contributed by atoms with E-state index in [2.05, 4.69) is 22.3 Å². The van der Waals surface area contributed by atoms with Crippen LogP contribution in [-0.2, 0) is 19.1 Å². The maximum absolute atomic E-state index is 12.7. The SMILES string of the molecule is O=C(NCCN1CCc2ccccc2C1)c1cc(C(F)(F)F)c[nH]c1=O. The van der Waals surface area contributed by atoms with Gasteiger partial charge in [-0.1, -0.05) is 24.3 Å². The lowest BCUT2D eigenvalue weighted by molar-refractivity contribution is -0.137. The Morgan fingerprint density at radius 1 is 1.23 bits per heavy atom. The first-order valence-electron chi connectivity index (χ1n) is 8.22. The van der Waals surface area contributed by atoms with Crippen LogP contribution in [0.25, 0.3) is 0 Å². The molecule has 5 nitrogen and oxygen atoms in total. The van der Waals surface area contributed by atoms with Crippen LogP contribution in [0.1, 0.15) is 27.0 Å². The molecular formula is C18H18F3N3O2. The van der Waals surface area contributed by atoms with Crippen molar-refractivity contribution in [2.24, 2.45) is 0 Å². The zero-order valence-electron chi connectivity index (χ0n) is 13.9. The first-order chi connectivity index (χ1) is 12.3. The summed E-state index contributed by atoms with van der Waals surface area (Å²) in [5, 5.41) is 2.52. The number of rotatable bonds is 4. The third-order valence-corrected chi connectivity index (χ3v) is 4.40. The number of H-pyrrole nitrogens is 1. The van der Waals surface area contributed by atoms with Gasteiger partial charge in [-0.25, -0.2) is 0 Å². The predicted octanol–water partition coefficient (Wildman–Crippen LogP) is 2.18. The highest BCUT2D eigenvalue weighted by Gasteiger charge is 2.32. The number of amides is 1. The van der Waals surface area contributed by atoms with Crippen molar-refractivity contribution in [2.45, 2.75) is 19.1 Å². The van der Waals surface area contributed by atoms with Gasteiger partial charge in [-0.15, -0.1) is 0 Å². The number of carbonyl (C=O) groups is 1. The second-order valence-corrected chi connectivity index (χ2v) is 6.18. The number of nitrogens with one attached hydrogen (secondary N) is 2. The standard InChI is InChI=1S/C18H18F3N3O2/c19-18(20,21)14-9-15(17(26)23-10-14)16(25)22-6-8-24-7-5-12-3-1-2-4-13(12)11-24/h1-4,9-10H,5-8,11H2,(H,22,25)(H,23,26). The van der Waals surface area contributed by atoms with Crippen LogP contribution >= 0.6 is 0 Å². The molecule has 1 aliphatic heterocycles. The van der Waals surface area contributed by atoms with Crippen molar-refractivity contribution in [2.75, 3.05) is 19.6 Å². The molecule has 1 aliphatic rings. The number of pyridine rings is 1. The molecule has 0 radical (unpaired) electrons. The summed E-state index contributed by atoms with van der Waals surface area (Å²) in [5.74, 6) is -0.810. The molecule has 2 heterocycles. The second kappa shape index (κ2) is 7.33. The molecule has 0 saturated carbocycles. The normalized spacial score (nSPS) is 14.7. The van der Waals surface area contributed by atoms with Crippen LogP contribution in [0.15, 0.2) is 41.3 Å². The molecular weight excluding hydrogens is 347 g/mol. The van der Waals surface area contributed by atoms with Crippen LogP contribution < -0.4 is 10.9 Å². The van der Waals surface area contributed by atoms with Gasteiger partial charge in [0.1, 0.15) is 5.56 Å². The number of benzene rings is 1. The summed E-state index contributed by atoms with van der Waals surface area (Å²) in [7, 11) is 0. The van der Waals surface area contributed by atoms with Gasteiger partial charge < -0.3 is 10.3 Å². The van der Waals surface area contributed by atoms with Crippen molar-refractivity contribution in [1.82, 2.24) is 15.2 Å². The van der Waals surface area contributed by atoms with Gasteiger partial charge in [0.05, 0.1) is 5.56 Å². The van der Waals surface area contributed by atoms with E-state index in [-0.39, 0.29) is 6.54 Å². The van der Waals surface area contributed by atoms with Crippen molar-refractivity contribution in [3.8, 4) is 0 Å². The Balaban J connectivity index is 1.58. The van der Waals surface area contributed by atoms with Crippen LogP contribution in [-0.4, -0.2) is 35.4 Å². The Bertz CT molecular complexity index is 861. The molecule has 8 heteroatoms. The molecule has 2 N–H and O–H groups in total. The summed E-state index contributed by atoms with van der Waals surface area (Å²) in [6.07, 6.45) is -3.15. The summed E-state index contributed by atoms with van der Waals surface area (Å²) in [4.78, 5) is 27.8. The zero-order chi connectivity index (χ0) is 18.7. The van der Waals surface area contributed by atoms with Gasteiger partial charge in [-0.2, -0.15) is 13.2 Å². The van der Waals surface area contributed by atoms with E-state index < -0.39 is 28.8 Å². The molecule has 0 spiro atoms. The summed E-state index contributed by atoms with van der Waals surface area (Å²) in [5.41, 5.74) is 0.101. The summed E-state index contributed by atoms with van der Waals surface area (Å²) in [6, 6.07) is 8.70. The summed E-state index contributed by atoms with van der Waals surface area (Å²) in [6.45, 7) is 2.40. The molecule has 0 fully saturated rings. The number of aromatic nitrogens is 1. The number of halogens is 3. The maximum atomic E-state index is 12.7. The summed E-state index contributed by atoms with van der Waals surface area (Å²) >= 11 is 0. The Morgan fingerprint density at radius 3 is 2.69 bits per heavy atom. The molecule has 0 aliphatic carbocycles. The Kier molecular flexibility index (Phi) is 5.13. The van der Waals surface area contributed by atoms with E-state index in [1.54, 1.807) is 0 Å². The Morgan fingerprint density at radius 2 is 1.96 bits per heavy atom. The lowest BCUT2D eigenvalue weighted by atomic mass is 10.00. The first kappa shape index (κ1) is 18.2. The number of carbonyl (C=O) groups excluding carboxylic acids is 1. The minimum atomic E-state index is -4.62. The number of hydrogen-bond acceptors (Lipinski definition) is 3. The quantitative estimate of drug-likeness (QED) is 0.873. The average molecular weight is 365 g/mol. The van der Waals surface area contributed by atoms with Gasteiger partial charge >= 0.3 is 6.18 Å².